The highest BCUT2D eigenvalue weighted by molar-refractivity contribution is 14.2. The number of phenolic OH excluding ortho intramolecular Hbond substituents is 1. The molecule has 0 amide bonds. The third-order valence-corrected chi connectivity index (χ3v) is 5.74. The number of benzene rings is 1. The highest BCUT2D eigenvalue weighted by Gasteiger charge is 2.22. The van der Waals surface area contributed by atoms with Gasteiger partial charge in [0.25, 0.3) is 0 Å². The van der Waals surface area contributed by atoms with Crippen molar-refractivity contribution >= 4 is 30.9 Å². The van der Waals surface area contributed by atoms with Crippen LogP contribution in [0.15, 0.2) is 12.1 Å². The Bertz CT molecular complexity index is 422. The molecule has 0 bridgehead atoms. The molecule has 0 saturated heterocycles. The van der Waals surface area contributed by atoms with Crippen LogP contribution in [0.1, 0.15) is 44.1 Å². The summed E-state index contributed by atoms with van der Waals surface area (Å²) in [7, 11) is 0. The second-order valence-corrected chi connectivity index (χ2v) is 6.83. The minimum Gasteiger partial charge on any atom is -0.506 e. The van der Waals surface area contributed by atoms with E-state index >= 15 is 0 Å². The maximum absolute atomic E-state index is 9.66. The van der Waals surface area contributed by atoms with Crippen LogP contribution in [0, 0.1) is 9.49 Å². The number of nitrogens with two attached hydrogens (primary N) is 1. The molecule has 0 radical (unpaired) electrons. The molecule has 1 saturated carbocycles. The Morgan fingerprint density at radius 2 is 1.94 bits per heavy atom. The quantitative estimate of drug-likeness (QED) is 0.486. The Morgan fingerprint density at radius 3 is 2.53 bits per heavy atom. The molecule has 17 heavy (non-hydrogen) atoms. The van der Waals surface area contributed by atoms with Gasteiger partial charge in [-0.25, -0.2) is 0 Å². The fourth-order valence-corrected chi connectivity index (χ4v) is 4.38. The summed E-state index contributed by atoms with van der Waals surface area (Å²) >= 11 is -0.324. The molecule has 2 rings (SSSR count). The van der Waals surface area contributed by atoms with Crippen molar-refractivity contribution in [3.05, 3.63) is 21.3 Å². The largest absolute Gasteiger partial charge is 0.506 e. The minimum absolute atomic E-state index is 0.219. The van der Waals surface area contributed by atoms with Gasteiger partial charge >= 0.3 is 0 Å². The van der Waals surface area contributed by atoms with Gasteiger partial charge in [-0.15, -0.1) is 0 Å². The van der Waals surface area contributed by atoms with Gasteiger partial charge in [-0.3, -0.25) is 0 Å². The van der Waals surface area contributed by atoms with Crippen LogP contribution < -0.4 is 5.73 Å². The van der Waals surface area contributed by atoms with E-state index in [1.807, 2.05) is 0 Å². The van der Waals surface area contributed by atoms with Crippen molar-refractivity contribution in [1.82, 2.24) is 0 Å². The van der Waals surface area contributed by atoms with E-state index in [4.69, 9.17) is 5.73 Å². The third-order valence-electron chi connectivity index (χ3n) is 3.78. The van der Waals surface area contributed by atoms with Gasteiger partial charge in [-0.1, -0.05) is 51.1 Å². The zero-order chi connectivity index (χ0) is 12.4. The molecule has 3 heteroatoms. The molecule has 0 aromatic heterocycles. The molecular formula is C14H20INO. The highest BCUT2D eigenvalue weighted by atomic mass is 127. The number of aromatic hydroxyl groups is 1. The summed E-state index contributed by atoms with van der Waals surface area (Å²) < 4.78 is 5.20. The SMILES string of the molecule is C=Ic1c(C2CCC(C)CC2)ccc(O)c1N. The van der Waals surface area contributed by atoms with E-state index in [0.717, 1.165) is 9.49 Å². The molecule has 1 fully saturated rings. The van der Waals surface area contributed by atoms with Crippen molar-refractivity contribution in [2.45, 2.75) is 38.5 Å². The fraction of sp³-hybridized carbons (Fsp3) is 0.500. The lowest BCUT2D eigenvalue weighted by molar-refractivity contribution is 0.347. The lowest BCUT2D eigenvalue weighted by atomic mass is 9.79. The predicted octanol–water partition coefficient (Wildman–Crippen LogP) is 3.84. The smallest absolute Gasteiger partial charge is 0.139 e. The summed E-state index contributed by atoms with van der Waals surface area (Å²) in [6.07, 6.45) is 5.12. The summed E-state index contributed by atoms with van der Waals surface area (Å²) in [5, 5.41) is 9.66. The van der Waals surface area contributed by atoms with Gasteiger partial charge in [-0.2, -0.15) is 0 Å². The molecule has 3 N–H and O–H groups in total. The highest BCUT2D eigenvalue weighted by Crippen LogP contribution is 2.41. The number of nitrogen functional groups attached to an aromatic ring is 1. The average molecular weight is 345 g/mol. The number of rotatable bonds is 2. The van der Waals surface area contributed by atoms with Crippen LogP contribution in [0.2, 0.25) is 0 Å². The van der Waals surface area contributed by atoms with Crippen LogP contribution in [-0.4, -0.2) is 9.62 Å². The molecule has 0 atom stereocenters. The molecule has 1 aromatic carbocycles. The van der Waals surface area contributed by atoms with Gasteiger partial charge in [0.1, 0.15) is 5.75 Å². The molecule has 0 spiro atoms. The maximum atomic E-state index is 9.66. The van der Waals surface area contributed by atoms with Crippen molar-refractivity contribution in [1.29, 1.82) is 0 Å². The van der Waals surface area contributed by atoms with Crippen molar-refractivity contribution in [3.8, 4) is 5.75 Å². The van der Waals surface area contributed by atoms with Gasteiger partial charge in [0, 0.05) is 3.57 Å². The lowest BCUT2D eigenvalue weighted by Gasteiger charge is -2.27. The summed E-state index contributed by atoms with van der Waals surface area (Å²) in [4.78, 5) is 0. The number of hydrogen-bond acceptors (Lipinski definition) is 2. The molecule has 94 valence electrons. The number of hydrogen-bond donors (Lipinski definition) is 2. The van der Waals surface area contributed by atoms with Crippen LogP contribution in [0.25, 0.3) is 0 Å². The Kier molecular flexibility index (Phi) is 4.07. The Hall–Kier alpha value is -0.580. The van der Waals surface area contributed by atoms with Crippen LogP contribution in [-0.2, 0) is 0 Å². The standard InChI is InChI=1S/C14H20INO/c1-9-3-5-10(6-4-9)11-7-8-12(17)14(16)13(11)15-2/h7-10,17H,2-6,16H2,1H3. The van der Waals surface area contributed by atoms with Crippen molar-refractivity contribution in [2.75, 3.05) is 5.73 Å². The average Bonchev–Trinajstić information content (AvgIpc) is 2.34. The third kappa shape index (κ3) is 2.64. The van der Waals surface area contributed by atoms with Gasteiger partial charge in [0.05, 0.1) is 5.69 Å². The molecule has 0 heterocycles. The summed E-state index contributed by atoms with van der Waals surface area (Å²) in [6, 6.07) is 3.80. The molecule has 1 aliphatic rings. The van der Waals surface area contributed by atoms with E-state index in [1.54, 1.807) is 6.07 Å². The normalized spacial score (nSPS) is 24.8. The van der Waals surface area contributed by atoms with Crippen molar-refractivity contribution in [2.24, 2.45) is 5.92 Å². The topological polar surface area (TPSA) is 46.2 Å². The molecular weight excluding hydrogens is 325 g/mol. The van der Waals surface area contributed by atoms with E-state index in [-0.39, 0.29) is 26.5 Å². The first-order valence-electron chi connectivity index (χ1n) is 6.13. The Balaban J connectivity index is 2.32. The molecule has 0 aliphatic heterocycles. The maximum Gasteiger partial charge on any atom is 0.139 e. The van der Waals surface area contributed by atoms with Gasteiger partial charge in [0.15, 0.2) is 0 Å². The molecule has 0 unspecified atom stereocenters. The second kappa shape index (κ2) is 5.38. The molecule has 1 aromatic rings. The lowest BCUT2D eigenvalue weighted by Crippen LogP contribution is -2.12. The van der Waals surface area contributed by atoms with Gasteiger partial charge < -0.3 is 10.8 Å². The number of halogens is 1. The predicted molar refractivity (Wildman–Crippen MR) is 82.7 cm³/mol. The molecule has 1 aliphatic carbocycles. The molecule has 2 nitrogen and oxygen atoms in total. The van der Waals surface area contributed by atoms with Crippen LogP contribution in [0.4, 0.5) is 5.69 Å². The first-order chi connectivity index (χ1) is 8.13. The van der Waals surface area contributed by atoms with Crippen LogP contribution in [0.5, 0.6) is 5.75 Å². The fourth-order valence-electron chi connectivity index (χ4n) is 2.64. The van der Waals surface area contributed by atoms with Gasteiger partial charge in [-0.05, 0) is 36.3 Å². The van der Waals surface area contributed by atoms with E-state index < -0.39 is 0 Å². The van der Waals surface area contributed by atoms with E-state index in [9.17, 15) is 5.11 Å². The van der Waals surface area contributed by atoms with E-state index in [0.29, 0.717) is 11.6 Å². The first-order valence-corrected chi connectivity index (χ1v) is 8.73. The van der Waals surface area contributed by atoms with E-state index in [1.165, 1.54) is 31.2 Å². The number of phenols is 1. The summed E-state index contributed by atoms with van der Waals surface area (Å²) in [5.41, 5.74) is 7.89. The monoisotopic (exact) mass is 345 g/mol. The second-order valence-electron chi connectivity index (χ2n) is 4.99. The van der Waals surface area contributed by atoms with Crippen molar-refractivity contribution < 1.29 is 5.11 Å². The first kappa shape index (κ1) is 12.9. The Labute approximate surface area is 113 Å². The number of anilines is 1. The minimum atomic E-state index is -0.324. The van der Waals surface area contributed by atoms with Crippen LogP contribution >= 0.6 is 20.7 Å². The summed E-state index contributed by atoms with van der Waals surface area (Å²) in [6.45, 7) is 2.33. The zero-order valence-corrected chi connectivity index (χ0v) is 12.4. The van der Waals surface area contributed by atoms with Crippen molar-refractivity contribution in [3.63, 3.8) is 0 Å². The van der Waals surface area contributed by atoms with Crippen LogP contribution in [0.3, 0.4) is 0 Å². The summed E-state index contributed by atoms with van der Waals surface area (Å²) in [5.74, 6) is 1.71. The Morgan fingerprint density at radius 1 is 1.29 bits per heavy atom. The van der Waals surface area contributed by atoms with E-state index in [2.05, 4.69) is 17.5 Å². The zero-order valence-electron chi connectivity index (χ0n) is 10.2. The van der Waals surface area contributed by atoms with Gasteiger partial charge in [0.2, 0.25) is 0 Å².